The molecule has 0 spiro atoms. The Labute approximate surface area is 145 Å². The van der Waals surface area contributed by atoms with Gasteiger partial charge in [-0.3, -0.25) is 9.69 Å². The summed E-state index contributed by atoms with van der Waals surface area (Å²) in [5, 5.41) is 2.81. The molecule has 0 bridgehead atoms. The fourth-order valence-electron chi connectivity index (χ4n) is 3.16. The Morgan fingerprint density at radius 1 is 1.28 bits per heavy atom. The SMILES string of the molecule is CC1CCN(C(CNC(=O)c2ccc(F)c(F)c2)c2ccco2)CC1. The van der Waals surface area contributed by atoms with E-state index < -0.39 is 17.5 Å². The number of carbonyl (C=O) groups is 1. The van der Waals surface area contributed by atoms with Crippen LogP contribution in [-0.4, -0.2) is 30.4 Å². The maximum Gasteiger partial charge on any atom is 0.251 e. The van der Waals surface area contributed by atoms with Gasteiger partial charge in [-0.25, -0.2) is 8.78 Å². The number of hydrogen-bond acceptors (Lipinski definition) is 3. The number of piperidine rings is 1. The number of likely N-dealkylation sites (tertiary alicyclic amines) is 1. The van der Waals surface area contributed by atoms with Gasteiger partial charge in [-0.2, -0.15) is 0 Å². The molecule has 1 N–H and O–H groups in total. The second kappa shape index (κ2) is 7.78. The predicted octanol–water partition coefficient (Wildman–Crippen LogP) is 3.76. The van der Waals surface area contributed by atoms with Crippen LogP contribution < -0.4 is 5.32 Å². The second-order valence-electron chi connectivity index (χ2n) is 6.59. The molecule has 2 aromatic rings. The van der Waals surface area contributed by atoms with Gasteiger partial charge in [-0.1, -0.05) is 6.92 Å². The molecule has 4 nitrogen and oxygen atoms in total. The Morgan fingerprint density at radius 2 is 2.04 bits per heavy atom. The van der Waals surface area contributed by atoms with Crippen molar-refractivity contribution in [3.8, 4) is 0 Å². The van der Waals surface area contributed by atoms with Crippen LogP contribution in [0.25, 0.3) is 0 Å². The van der Waals surface area contributed by atoms with E-state index in [4.69, 9.17) is 4.42 Å². The highest BCUT2D eigenvalue weighted by Gasteiger charge is 2.27. The second-order valence-corrected chi connectivity index (χ2v) is 6.59. The van der Waals surface area contributed by atoms with Gasteiger partial charge in [0.2, 0.25) is 0 Å². The van der Waals surface area contributed by atoms with E-state index in [1.54, 1.807) is 6.26 Å². The molecule has 25 heavy (non-hydrogen) atoms. The molecular weight excluding hydrogens is 326 g/mol. The molecule has 1 aromatic carbocycles. The summed E-state index contributed by atoms with van der Waals surface area (Å²) in [6.07, 6.45) is 3.83. The van der Waals surface area contributed by atoms with E-state index in [2.05, 4.69) is 17.1 Å². The van der Waals surface area contributed by atoms with E-state index in [9.17, 15) is 13.6 Å². The van der Waals surface area contributed by atoms with Gasteiger partial charge in [0.25, 0.3) is 5.91 Å². The van der Waals surface area contributed by atoms with Gasteiger partial charge in [-0.15, -0.1) is 0 Å². The molecule has 1 fully saturated rings. The third-order valence-electron chi connectivity index (χ3n) is 4.77. The number of rotatable bonds is 5. The maximum absolute atomic E-state index is 13.3. The van der Waals surface area contributed by atoms with Crippen LogP contribution in [0.15, 0.2) is 41.0 Å². The summed E-state index contributed by atoms with van der Waals surface area (Å²) in [5.41, 5.74) is 0.101. The third-order valence-corrected chi connectivity index (χ3v) is 4.77. The van der Waals surface area contributed by atoms with E-state index in [1.165, 1.54) is 6.07 Å². The Kier molecular flexibility index (Phi) is 5.48. The Bertz CT molecular complexity index is 710. The molecular formula is C19H22F2N2O2. The van der Waals surface area contributed by atoms with Crippen molar-refractivity contribution < 1.29 is 18.0 Å². The van der Waals surface area contributed by atoms with E-state index in [0.29, 0.717) is 12.5 Å². The number of nitrogens with zero attached hydrogens (tertiary/aromatic N) is 1. The minimum absolute atomic E-state index is 0.0725. The first-order valence-corrected chi connectivity index (χ1v) is 8.55. The Morgan fingerprint density at radius 3 is 2.68 bits per heavy atom. The zero-order valence-corrected chi connectivity index (χ0v) is 14.2. The quantitative estimate of drug-likeness (QED) is 0.895. The van der Waals surface area contributed by atoms with Crippen LogP contribution in [0.5, 0.6) is 0 Å². The van der Waals surface area contributed by atoms with Crippen molar-refractivity contribution in [3.63, 3.8) is 0 Å². The van der Waals surface area contributed by atoms with Crippen molar-refractivity contribution in [2.75, 3.05) is 19.6 Å². The van der Waals surface area contributed by atoms with Crippen LogP contribution >= 0.6 is 0 Å². The van der Waals surface area contributed by atoms with Crippen molar-refractivity contribution >= 4 is 5.91 Å². The van der Waals surface area contributed by atoms with Gasteiger partial charge in [0.05, 0.1) is 12.3 Å². The van der Waals surface area contributed by atoms with Crippen LogP contribution in [-0.2, 0) is 0 Å². The number of amides is 1. The van der Waals surface area contributed by atoms with Gasteiger partial charge in [0.15, 0.2) is 11.6 Å². The van der Waals surface area contributed by atoms with Gasteiger partial charge in [0.1, 0.15) is 5.76 Å². The number of halogens is 2. The molecule has 1 amide bonds. The van der Waals surface area contributed by atoms with Crippen LogP contribution in [0, 0.1) is 17.6 Å². The standard InChI is InChI=1S/C19H22F2N2O2/c1-13-6-8-23(9-7-13)17(18-3-2-10-25-18)12-22-19(24)14-4-5-15(20)16(21)11-14/h2-5,10-11,13,17H,6-9,12H2,1H3,(H,22,24). The lowest BCUT2D eigenvalue weighted by Gasteiger charge is -2.35. The molecule has 0 aliphatic carbocycles. The predicted molar refractivity (Wildman–Crippen MR) is 90.1 cm³/mol. The largest absolute Gasteiger partial charge is 0.468 e. The first-order chi connectivity index (χ1) is 12.0. The molecule has 1 atom stereocenters. The van der Waals surface area contributed by atoms with Crippen molar-refractivity contribution in [3.05, 3.63) is 59.6 Å². The molecule has 1 unspecified atom stereocenters. The van der Waals surface area contributed by atoms with Gasteiger partial charge >= 0.3 is 0 Å². The van der Waals surface area contributed by atoms with Crippen LogP contribution in [0.3, 0.4) is 0 Å². The van der Waals surface area contributed by atoms with E-state index in [-0.39, 0.29) is 11.6 Å². The summed E-state index contributed by atoms with van der Waals surface area (Å²) < 4.78 is 31.9. The fraction of sp³-hybridized carbons (Fsp3) is 0.421. The highest BCUT2D eigenvalue weighted by atomic mass is 19.2. The molecule has 1 saturated heterocycles. The summed E-state index contributed by atoms with van der Waals surface area (Å²) in [4.78, 5) is 14.6. The van der Waals surface area contributed by atoms with Crippen LogP contribution in [0.4, 0.5) is 8.78 Å². The Balaban J connectivity index is 1.68. The zero-order chi connectivity index (χ0) is 17.8. The lowest BCUT2D eigenvalue weighted by atomic mass is 9.97. The summed E-state index contributed by atoms with van der Waals surface area (Å²) >= 11 is 0. The highest BCUT2D eigenvalue weighted by Crippen LogP contribution is 2.26. The van der Waals surface area contributed by atoms with Crippen molar-refractivity contribution in [1.29, 1.82) is 0 Å². The van der Waals surface area contributed by atoms with Crippen LogP contribution in [0.2, 0.25) is 0 Å². The molecule has 1 aliphatic heterocycles. The van der Waals surface area contributed by atoms with Crippen molar-refractivity contribution in [2.24, 2.45) is 5.92 Å². The number of nitrogens with one attached hydrogen (secondary N) is 1. The molecule has 3 rings (SSSR count). The maximum atomic E-state index is 13.3. The minimum Gasteiger partial charge on any atom is -0.468 e. The first kappa shape index (κ1) is 17.6. The average Bonchev–Trinajstić information content (AvgIpc) is 3.13. The van der Waals surface area contributed by atoms with Crippen LogP contribution in [0.1, 0.15) is 41.9 Å². The van der Waals surface area contributed by atoms with Gasteiger partial charge in [0, 0.05) is 12.1 Å². The van der Waals surface area contributed by atoms with Gasteiger partial charge < -0.3 is 9.73 Å². The monoisotopic (exact) mass is 348 g/mol. The number of carbonyl (C=O) groups excluding carboxylic acids is 1. The number of benzene rings is 1. The molecule has 0 radical (unpaired) electrons. The third kappa shape index (κ3) is 4.25. The summed E-state index contributed by atoms with van der Waals surface area (Å²) in [7, 11) is 0. The first-order valence-electron chi connectivity index (χ1n) is 8.55. The highest BCUT2D eigenvalue weighted by molar-refractivity contribution is 5.94. The summed E-state index contributed by atoms with van der Waals surface area (Å²) in [6, 6.07) is 6.79. The smallest absolute Gasteiger partial charge is 0.251 e. The van der Waals surface area contributed by atoms with Crippen molar-refractivity contribution in [2.45, 2.75) is 25.8 Å². The summed E-state index contributed by atoms with van der Waals surface area (Å²) in [5.74, 6) is -0.932. The fourth-order valence-corrected chi connectivity index (χ4v) is 3.16. The normalized spacial score (nSPS) is 17.4. The molecule has 1 aliphatic rings. The molecule has 6 heteroatoms. The zero-order valence-electron chi connectivity index (χ0n) is 14.2. The van der Waals surface area contributed by atoms with Gasteiger partial charge in [-0.05, 0) is 62.2 Å². The molecule has 1 aromatic heterocycles. The molecule has 0 saturated carbocycles. The van der Waals surface area contributed by atoms with Crippen molar-refractivity contribution in [1.82, 2.24) is 10.2 Å². The lowest BCUT2D eigenvalue weighted by molar-refractivity contribution is 0.0895. The lowest BCUT2D eigenvalue weighted by Crippen LogP contribution is -2.41. The van der Waals surface area contributed by atoms with E-state index in [1.807, 2.05) is 12.1 Å². The van der Waals surface area contributed by atoms with E-state index in [0.717, 1.165) is 43.8 Å². The number of hydrogen-bond donors (Lipinski definition) is 1. The van der Waals surface area contributed by atoms with E-state index >= 15 is 0 Å². The Hall–Kier alpha value is -2.21. The number of furan rings is 1. The topological polar surface area (TPSA) is 45.5 Å². The molecule has 2 heterocycles. The summed E-state index contributed by atoms with van der Waals surface area (Å²) in [6.45, 7) is 4.46. The molecule has 134 valence electrons. The minimum atomic E-state index is -1.03. The average molecular weight is 348 g/mol.